The Kier molecular flexibility index (Phi) is 12.9. The van der Waals surface area contributed by atoms with Crippen molar-refractivity contribution in [3.8, 4) is 34.1 Å². The maximum Gasteiger partial charge on any atom is 0.275 e. The summed E-state index contributed by atoms with van der Waals surface area (Å²) in [6.45, 7) is 40.0. The molecule has 6 heteroatoms. The average Bonchev–Trinajstić information content (AvgIpc) is 3.02. The summed E-state index contributed by atoms with van der Waals surface area (Å²) in [4.78, 5) is 0. The molecule has 53 heavy (non-hydrogen) atoms. The monoisotopic (exact) mass is 756 g/mol. The molecule has 4 nitrogen and oxygen atoms in total. The van der Waals surface area contributed by atoms with Crippen LogP contribution in [-0.4, -0.2) is 0 Å². The van der Waals surface area contributed by atoms with Gasteiger partial charge in [-0.1, -0.05) is 114 Å². The van der Waals surface area contributed by atoms with Crippen LogP contribution in [0.2, 0.25) is 0 Å². The van der Waals surface area contributed by atoms with Crippen LogP contribution in [-0.2, 0) is 28.1 Å². The van der Waals surface area contributed by atoms with Crippen LogP contribution in [0.1, 0.15) is 146 Å². The molecule has 0 aliphatic carbocycles. The first-order valence-electron chi connectivity index (χ1n) is 19.1. The summed E-state index contributed by atoms with van der Waals surface area (Å²) >= 11 is 0. The molecule has 0 heterocycles. The van der Waals surface area contributed by atoms with Gasteiger partial charge in [0, 0.05) is 22.3 Å². The van der Waals surface area contributed by atoms with E-state index in [1.807, 2.05) is 0 Å². The van der Waals surface area contributed by atoms with E-state index < -0.39 is 0 Å². The second-order valence-electron chi connectivity index (χ2n) is 19.0. The van der Waals surface area contributed by atoms with E-state index in [1.54, 1.807) is 0 Å². The first-order valence-corrected chi connectivity index (χ1v) is 20.7. The van der Waals surface area contributed by atoms with Crippen LogP contribution >= 0.6 is 18.1 Å². The van der Waals surface area contributed by atoms with E-state index in [0.29, 0.717) is 0 Å². The van der Waals surface area contributed by atoms with E-state index in [1.165, 1.54) is 33.4 Å². The zero-order valence-corrected chi connectivity index (χ0v) is 38.0. The van der Waals surface area contributed by atoms with Crippen molar-refractivity contribution in [3.63, 3.8) is 0 Å². The Balaban J connectivity index is 2.00. The van der Waals surface area contributed by atoms with Crippen molar-refractivity contribution in [3.05, 3.63) is 104 Å². The van der Waals surface area contributed by atoms with Gasteiger partial charge in [-0.05, 0) is 131 Å². The van der Waals surface area contributed by atoms with Crippen molar-refractivity contribution in [2.75, 3.05) is 0 Å². The highest BCUT2D eigenvalue weighted by Gasteiger charge is 2.32. The van der Waals surface area contributed by atoms with Crippen molar-refractivity contribution in [2.24, 2.45) is 0 Å². The summed E-state index contributed by atoms with van der Waals surface area (Å²) in [6.07, 6.45) is 0.949. The van der Waals surface area contributed by atoms with E-state index in [4.69, 9.17) is 18.1 Å². The molecule has 4 rings (SSSR count). The summed E-state index contributed by atoms with van der Waals surface area (Å²) in [7, 11) is -0.479. The third-order valence-electron chi connectivity index (χ3n) is 10.3. The van der Waals surface area contributed by atoms with Crippen molar-refractivity contribution < 1.29 is 18.1 Å². The first kappa shape index (κ1) is 42.7. The summed E-state index contributed by atoms with van der Waals surface area (Å²) in [5.41, 5.74) is 13.3. The number of rotatable bonds is 10. The van der Waals surface area contributed by atoms with Gasteiger partial charge in [0.1, 0.15) is 23.0 Å². The fourth-order valence-corrected chi connectivity index (χ4v) is 7.68. The second kappa shape index (κ2) is 16.0. The average molecular weight is 757 g/mol. The highest BCUT2D eigenvalue weighted by atomic mass is 31.1. The Labute approximate surface area is 326 Å². The van der Waals surface area contributed by atoms with E-state index in [9.17, 15) is 0 Å². The third kappa shape index (κ3) is 10.2. The van der Waals surface area contributed by atoms with Gasteiger partial charge in [-0.3, -0.25) is 0 Å². The molecule has 0 saturated heterocycles. The molecule has 0 N–H and O–H groups in total. The molecule has 0 amide bonds. The van der Waals surface area contributed by atoms with Crippen LogP contribution in [0.4, 0.5) is 0 Å². The largest absolute Gasteiger partial charge is 0.440 e. The summed E-state index contributed by atoms with van der Waals surface area (Å²) < 4.78 is 26.8. The maximum atomic E-state index is 6.93. The molecular formula is C47H66O4P2. The molecular weight excluding hydrogens is 690 g/mol. The third-order valence-corrected chi connectivity index (χ3v) is 11.4. The van der Waals surface area contributed by atoms with Crippen LogP contribution in [0, 0.1) is 34.6 Å². The minimum atomic E-state index is -0.240. The first-order chi connectivity index (χ1) is 24.3. The molecule has 288 valence electrons. The highest BCUT2D eigenvalue weighted by molar-refractivity contribution is 7.27. The van der Waals surface area contributed by atoms with Gasteiger partial charge >= 0.3 is 0 Å². The Morgan fingerprint density at radius 2 is 0.849 bits per heavy atom. The van der Waals surface area contributed by atoms with Gasteiger partial charge in [-0.25, -0.2) is 0 Å². The van der Waals surface area contributed by atoms with Crippen molar-refractivity contribution in [2.45, 2.75) is 153 Å². The molecule has 0 bridgehead atoms. The Morgan fingerprint density at radius 3 is 1.23 bits per heavy atom. The number of aryl methyl sites for hydroxylation is 4. The lowest BCUT2D eigenvalue weighted by atomic mass is 9.75. The van der Waals surface area contributed by atoms with E-state index >= 15 is 0 Å². The second-order valence-corrected chi connectivity index (χ2v) is 20.1. The fourth-order valence-electron chi connectivity index (χ4n) is 6.39. The lowest BCUT2D eigenvalue weighted by molar-refractivity contribution is 0.483. The van der Waals surface area contributed by atoms with Gasteiger partial charge in [0.05, 0.1) is 0 Å². The molecule has 0 fully saturated rings. The molecule has 0 radical (unpaired) electrons. The number of hydrogen-bond donors (Lipinski definition) is 0. The molecule has 2 unspecified atom stereocenters. The quantitative estimate of drug-likeness (QED) is 0.151. The molecule has 0 aliphatic heterocycles. The minimum absolute atomic E-state index is 0.109. The summed E-state index contributed by atoms with van der Waals surface area (Å²) in [5, 5.41) is 0. The number of benzene rings is 4. The minimum Gasteiger partial charge on any atom is -0.440 e. The van der Waals surface area contributed by atoms with Crippen LogP contribution in [0.5, 0.6) is 23.0 Å². The fraction of sp³-hybridized carbons (Fsp3) is 0.489. The Bertz CT molecular complexity index is 1950. The lowest BCUT2D eigenvalue weighted by Gasteiger charge is -2.32. The smallest absolute Gasteiger partial charge is 0.275 e. The molecule has 4 aromatic rings. The zero-order chi connectivity index (χ0) is 39.8. The Hall–Kier alpha value is -3.06. The zero-order valence-electron chi connectivity index (χ0n) is 36.0. The van der Waals surface area contributed by atoms with Crippen LogP contribution < -0.4 is 18.1 Å². The van der Waals surface area contributed by atoms with Crippen molar-refractivity contribution in [1.82, 2.24) is 0 Å². The Morgan fingerprint density at radius 1 is 0.453 bits per heavy atom. The normalized spacial score (nSPS) is 13.0. The summed E-state index contributed by atoms with van der Waals surface area (Å²) in [6, 6.07) is 18.0. The predicted octanol–water partition coefficient (Wildman–Crippen LogP) is 14.6. The molecule has 0 aliphatic rings. The highest BCUT2D eigenvalue weighted by Crippen LogP contribution is 2.51. The standard InChI is InChI=1S/C47H66O4P2/c1-19-33-22-30(4)32(6)41(23-33)49-53-51-43-37(25-35(45(10,11)12)27-39(43)47(16,17)18)36-24-34(44(7,8)9)26-38(46(13,14)15)42(36)50-52-48-40-21-28(2)20-29(3)31(40)5/h20-27,52-53H,19H2,1-18H3. The summed E-state index contributed by atoms with van der Waals surface area (Å²) in [5.74, 6) is 3.39. The maximum absolute atomic E-state index is 6.93. The van der Waals surface area contributed by atoms with Gasteiger partial charge in [-0.2, -0.15) is 0 Å². The SMILES string of the molecule is CCc1cc(C)c(C)c(OPOc2c(-c3cc(C(C)(C)C)cc(C(C)(C)C)c3OPOc3cc(C)cc(C)c3C)cc(C(C)(C)C)cc2C(C)(C)C)c1. The van der Waals surface area contributed by atoms with Crippen molar-refractivity contribution in [1.29, 1.82) is 0 Å². The van der Waals surface area contributed by atoms with Crippen molar-refractivity contribution >= 4 is 18.1 Å². The predicted molar refractivity (Wildman–Crippen MR) is 232 cm³/mol. The molecule has 2 atom stereocenters. The van der Waals surface area contributed by atoms with Crippen LogP contribution in [0.15, 0.2) is 48.5 Å². The lowest BCUT2D eigenvalue weighted by Crippen LogP contribution is -2.19. The number of hydrogen-bond acceptors (Lipinski definition) is 4. The topological polar surface area (TPSA) is 36.9 Å². The van der Waals surface area contributed by atoms with Gasteiger partial charge in [-0.15, -0.1) is 0 Å². The van der Waals surface area contributed by atoms with Crippen LogP contribution in [0.3, 0.4) is 0 Å². The molecule has 0 spiro atoms. The van der Waals surface area contributed by atoms with E-state index in [0.717, 1.165) is 62.8 Å². The van der Waals surface area contributed by atoms with Gasteiger partial charge in [0.2, 0.25) is 0 Å². The van der Waals surface area contributed by atoms with E-state index in [-0.39, 0.29) is 39.7 Å². The van der Waals surface area contributed by atoms with E-state index in [2.05, 4.69) is 173 Å². The molecule has 4 aromatic carbocycles. The van der Waals surface area contributed by atoms with Gasteiger partial charge in [0.25, 0.3) is 18.1 Å². The molecule has 0 aromatic heterocycles. The van der Waals surface area contributed by atoms with Gasteiger partial charge < -0.3 is 18.1 Å². The molecule has 0 saturated carbocycles. The van der Waals surface area contributed by atoms with Gasteiger partial charge in [0.15, 0.2) is 0 Å². The van der Waals surface area contributed by atoms with Crippen LogP contribution in [0.25, 0.3) is 11.1 Å².